The van der Waals surface area contributed by atoms with Crippen molar-refractivity contribution < 1.29 is 9.53 Å². The Bertz CT molecular complexity index is 755. The molecule has 0 amide bonds. The van der Waals surface area contributed by atoms with Gasteiger partial charge in [0.05, 0.1) is 11.8 Å². The lowest BCUT2D eigenvalue weighted by molar-refractivity contribution is 0.0960. The molecule has 0 unspecified atom stereocenters. The number of hydrogen-bond donors (Lipinski definition) is 1. The van der Waals surface area contributed by atoms with Crippen LogP contribution in [0.3, 0.4) is 0 Å². The standard InChI is InChI=1S/C21H26N2O2/c1-15(2)25-21-8-7-17(13-19(21)22)20(24)10-12-23-11-9-16-5-3-4-6-18(16)14-23/h3-8,13,15H,9-12,14,22H2,1-2H3. The number of nitrogens with zero attached hydrogens (tertiary/aromatic N) is 1. The van der Waals surface area contributed by atoms with Crippen LogP contribution in [-0.4, -0.2) is 29.9 Å². The lowest BCUT2D eigenvalue weighted by Crippen LogP contribution is -2.32. The number of rotatable bonds is 6. The molecule has 1 aliphatic heterocycles. The second-order valence-electron chi connectivity index (χ2n) is 6.89. The highest BCUT2D eigenvalue weighted by atomic mass is 16.5. The van der Waals surface area contributed by atoms with Crippen LogP contribution in [0, 0.1) is 0 Å². The fraction of sp³-hybridized carbons (Fsp3) is 0.381. The maximum Gasteiger partial charge on any atom is 0.164 e. The third kappa shape index (κ3) is 4.40. The van der Waals surface area contributed by atoms with Gasteiger partial charge in [0.1, 0.15) is 5.75 Å². The van der Waals surface area contributed by atoms with Crippen LogP contribution >= 0.6 is 0 Å². The third-order valence-electron chi connectivity index (χ3n) is 4.56. The number of anilines is 1. The summed E-state index contributed by atoms with van der Waals surface area (Å²) in [4.78, 5) is 14.8. The smallest absolute Gasteiger partial charge is 0.164 e. The molecule has 1 aliphatic rings. The van der Waals surface area contributed by atoms with E-state index in [1.807, 2.05) is 19.9 Å². The molecule has 2 aromatic rings. The summed E-state index contributed by atoms with van der Waals surface area (Å²) >= 11 is 0. The number of fused-ring (bicyclic) bond motifs is 1. The highest BCUT2D eigenvalue weighted by molar-refractivity contribution is 5.97. The van der Waals surface area contributed by atoms with Gasteiger partial charge in [0.25, 0.3) is 0 Å². The zero-order chi connectivity index (χ0) is 17.8. The molecule has 3 rings (SSSR count). The number of hydrogen-bond acceptors (Lipinski definition) is 4. The van der Waals surface area contributed by atoms with Gasteiger partial charge >= 0.3 is 0 Å². The predicted molar refractivity (Wildman–Crippen MR) is 101 cm³/mol. The van der Waals surface area contributed by atoms with Crippen molar-refractivity contribution >= 4 is 11.5 Å². The fourth-order valence-electron chi connectivity index (χ4n) is 3.23. The van der Waals surface area contributed by atoms with Crippen molar-refractivity contribution in [2.45, 2.75) is 39.3 Å². The van der Waals surface area contributed by atoms with E-state index in [4.69, 9.17) is 10.5 Å². The van der Waals surface area contributed by atoms with Gasteiger partial charge in [-0.3, -0.25) is 9.69 Å². The van der Waals surface area contributed by atoms with E-state index < -0.39 is 0 Å². The molecular formula is C21H26N2O2. The van der Waals surface area contributed by atoms with E-state index in [2.05, 4.69) is 29.2 Å². The molecule has 0 atom stereocenters. The Balaban J connectivity index is 1.57. The number of carbonyl (C=O) groups excluding carboxylic acids is 1. The van der Waals surface area contributed by atoms with Gasteiger partial charge in [-0.2, -0.15) is 0 Å². The summed E-state index contributed by atoms with van der Waals surface area (Å²) in [6.07, 6.45) is 1.62. The number of nitrogen functional groups attached to an aromatic ring is 1. The Hall–Kier alpha value is -2.33. The van der Waals surface area contributed by atoms with E-state index in [1.165, 1.54) is 11.1 Å². The summed E-state index contributed by atoms with van der Waals surface area (Å²) in [5.41, 5.74) is 9.99. The minimum atomic E-state index is 0.0610. The summed E-state index contributed by atoms with van der Waals surface area (Å²) in [5, 5.41) is 0. The molecule has 0 radical (unpaired) electrons. The van der Waals surface area contributed by atoms with Gasteiger partial charge in [-0.15, -0.1) is 0 Å². The average molecular weight is 338 g/mol. The van der Waals surface area contributed by atoms with Crippen molar-refractivity contribution in [2.75, 3.05) is 18.8 Å². The normalized spacial score (nSPS) is 14.4. The minimum absolute atomic E-state index is 0.0610. The van der Waals surface area contributed by atoms with Gasteiger partial charge in [-0.1, -0.05) is 24.3 Å². The van der Waals surface area contributed by atoms with Gasteiger partial charge in [0.2, 0.25) is 0 Å². The summed E-state index contributed by atoms with van der Waals surface area (Å²) in [6.45, 7) is 6.61. The van der Waals surface area contributed by atoms with E-state index >= 15 is 0 Å². The number of carbonyl (C=O) groups is 1. The number of ketones is 1. The van der Waals surface area contributed by atoms with Crippen molar-refractivity contribution in [2.24, 2.45) is 0 Å². The molecule has 25 heavy (non-hydrogen) atoms. The molecule has 2 aromatic carbocycles. The molecule has 0 bridgehead atoms. The van der Waals surface area contributed by atoms with E-state index in [-0.39, 0.29) is 11.9 Å². The van der Waals surface area contributed by atoms with E-state index in [1.54, 1.807) is 12.1 Å². The zero-order valence-electron chi connectivity index (χ0n) is 15.0. The Morgan fingerprint density at radius 3 is 2.68 bits per heavy atom. The van der Waals surface area contributed by atoms with E-state index in [9.17, 15) is 4.79 Å². The Morgan fingerprint density at radius 2 is 1.96 bits per heavy atom. The topological polar surface area (TPSA) is 55.6 Å². The van der Waals surface area contributed by atoms with Gasteiger partial charge in [0.15, 0.2) is 5.78 Å². The van der Waals surface area contributed by atoms with E-state index in [0.717, 1.165) is 26.1 Å². The van der Waals surface area contributed by atoms with Crippen LogP contribution < -0.4 is 10.5 Å². The second-order valence-corrected chi connectivity index (χ2v) is 6.89. The van der Waals surface area contributed by atoms with Crippen molar-refractivity contribution in [1.82, 2.24) is 4.90 Å². The minimum Gasteiger partial charge on any atom is -0.489 e. The van der Waals surface area contributed by atoms with Gasteiger partial charge < -0.3 is 10.5 Å². The molecule has 4 heteroatoms. The monoisotopic (exact) mass is 338 g/mol. The molecule has 132 valence electrons. The summed E-state index contributed by atoms with van der Waals surface area (Å²) in [6, 6.07) is 13.9. The van der Waals surface area contributed by atoms with Crippen LogP contribution in [0.1, 0.15) is 41.8 Å². The molecule has 4 nitrogen and oxygen atoms in total. The summed E-state index contributed by atoms with van der Waals surface area (Å²) in [7, 11) is 0. The molecule has 0 saturated heterocycles. The molecule has 0 aromatic heterocycles. The van der Waals surface area contributed by atoms with Crippen molar-refractivity contribution in [3.8, 4) is 5.75 Å². The van der Waals surface area contributed by atoms with E-state index in [0.29, 0.717) is 23.4 Å². The van der Waals surface area contributed by atoms with Crippen molar-refractivity contribution in [1.29, 1.82) is 0 Å². The zero-order valence-corrected chi connectivity index (χ0v) is 15.0. The Morgan fingerprint density at radius 1 is 1.20 bits per heavy atom. The van der Waals surface area contributed by atoms with Crippen LogP contribution in [0.15, 0.2) is 42.5 Å². The number of Topliss-reactive ketones (excluding diaryl/α,β-unsaturated/α-hetero) is 1. The van der Waals surface area contributed by atoms with Gasteiger partial charge in [-0.25, -0.2) is 0 Å². The van der Waals surface area contributed by atoms with Crippen LogP contribution in [0.4, 0.5) is 5.69 Å². The summed E-state index contributed by atoms with van der Waals surface area (Å²) < 4.78 is 5.62. The highest BCUT2D eigenvalue weighted by Gasteiger charge is 2.17. The van der Waals surface area contributed by atoms with Crippen LogP contribution in [-0.2, 0) is 13.0 Å². The van der Waals surface area contributed by atoms with Gasteiger partial charge in [-0.05, 0) is 49.6 Å². The maximum atomic E-state index is 12.5. The van der Waals surface area contributed by atoms with Crippen LogP contribution in [0.2, 0.25) is 0 Å². The fourth-order valence-corrected chi connectivity index (χ4v) is 3.23. The SMILES string of the molecule is CC(C)Oc1ccc(C(=O)CCN2CCc3ccccc3C2)cc1N. The first-order valence-electron chi connectivity index (χ1n) is 8.91. The third-order valence-corrected chi connectivity index (χ3v) is 4.56. The maximum absolute atomic E-state index is 12.5. The largest absolute Gasteiger partial charge is 0.489 e. The van der Waals surface area contributed by atoms with Crippen LogP contribution in [0.25, 0.3) is 0 Å². The molecule has 1 heterocycles. The first-order valence-corrected chi connectivity index (χ1v) is 8.91. The molecule has 0 saturated carbocycles. The number of nitrogens with two attached hydrogens (primary N) is 1. The number of ether oxygens (including phenoxy) is 1. The predicted octanol–water partition coefficient (Wildman–Crippen LogP) is 3.69. The van der Waals surface area contributed by atoms with Crippen LogP contribution in [0.5, 0.6) is 5.75 Å². The van der Waals surface area contributed by atoms with Crippen molar-refractivity contribution in [3.63, 3.8) is 0 Å². The molecular weight excluding hydrogens is 312 g/mol. The number of benzene rings is 2. The molecule has 0 fully saturated rings. The van der Waals surface area contributed by atoms with Crippen molar-refractivity contribution in [3.05, 3.63) is 59.2 Å². The first kappa shape index (κ1) is 17.5. The molecule has 0 aliphatic carbocycles. The molecule has 2 N–H and O–H groups in total. The lowest BCUT2D eigenvalue weighted by atomic mass is 9.99. The highest BCUT2D eigenvalue weighted by Crippen LogP contribution is 2.24. The van der Waals surface area contributed by atoms with Gasteiger partial charge in [0, 0.05) is 31.6 Å². The lowest BCUT2D eigenvalue weighted by Gasteiger charge is -2.28. The first-order chi connectivity index (χ1) is 12.0. The average Bonchev–Trinajstić information content (AvgIpc) is 2.61. The summed E-state index contributed by atoms with van der Waals surface area (Å²) in [5.74, 6) is 0.765. The second kappa shape index (κ2) is 7.70. The molecule has 0 spiro atoms. The Labute approximate surface area is 149 Å². The quantitative estimate of drug-likeness (QED) is 0.645. The Kier molecular flexibility index (Phi) is 5.39.